The summed E-state index contributed by atoms with van der Waals surface area (Å²) in [5.41, 5.74) is 0.307. The van der Waals surface area contributed by atoms with E-state index < -0.39 is 0 Å². The summed E-state index contributed by atoms with van der Waals surface area (Å²) in [7, 11) is 3.69. The lowest BCUT2D eigenvalue weighted by atomic mass is 9.70. The van der Waals surface area contributed by atoms with E-state index in [4.69, 9.17) is 0 Å². The molecule has 0 aromatic carbocycles. The van der Waals surface area contributed by atoms with Gasteiger partial charge in [0.2, 0.25) is 0 Å². The second kappa shape index (κ2) is 4.41. The van der Waals surface area contributed by atoms with Crippen LogP contribution >= 0.6 is 21.6 Å². The van der Waals surface area contributed by atoms with Gasteiger partial charge in [0.15, 0.2) is 0 Å². The number of fused-ring (bicyclic) bond motifs is 2. The Labute approximate surface area is 106 Å². The summed E-state index contributed by atoms with van der Waals surface area (Å²) in [6, 6.07) is 0. The molecular formula is C13H20OS2. The van der Waals surface area contributed by atoms with E-state index in [-0.39, 0.29) is 10.8 Å². The second-order valence-electron chi connectivity index (χ2n) is 5.67. The lowest BCUT2D eigenvalue weighted by Gasteiger charge is -2.32. The van der Waals surface area contributed by atoms with Gasteiger partial charge in [0.1, 0.15) is 5.78 Å². The largest absolute Gasteiger partial charge is 0.299 e. The Bertz CT molecular complexity index is 316. The first-order chi connectivity index (χ1) is 7.48. The Balaban J connectivity index is 0.000000162. The van der Waals surface area contributed by atoms with Crippen LogP contribution in [-0.4, -0.2) is 11.5 Å². The van der Waals surface area contributed by atoms with Crippen LogP contribution in [0.1, 0.15) is 40.0 Å². The van der Waals surface area contributed by atoms with Gasteiger partial charge in [-0.2, -0.15) is 0 Å². The maximum atomic E-state index is 11.6. The normalized spacial score (nSPS) is 38.7. The highest BCUT2D eigenvalue weighted by atomic mass is 33.1. The van der Waals surface area contributed by atoms with E-state index >= 15 is 0 Å². The number of hydrogen-bond donors (Lipinski definition) is 0. The predicted molar refractivity (Wildman–Crippen MR) is 73.4 cm³/mol. The third-order valence-electron chi connectivity index (χ3n) is 4.87. The van der Waals surface area contributed by atoms with E-state index in [1.54, 1.807) is 0 Å². The Morgan fingerprint density at radius 2 is 2.12 bits per heavy atom. The Morgan fingerprint density at radius 1 is 1.38 bits per heavy atom. The zero-order valence-electron chi connectivity index (χ0n) is 10.3. The molecule has 0 saturated heterocycles. The van der Waals surface area contributed by atoms with Gasteiger partial charge in [0, 0.05) is 17.6 Å². The molecule has 3 rings (SSSR count). The molecule has 3 heteroatoms. The highest BCUT2D eigenvalue weighted by Gasteiger charge is 2.61. The van der Waals surface area contributed by atoms with Crippen LogP contribution in [0.4, 0.5) is 0 Å². The first kappa shape index (κ1) is 12.6. The van der Waals surface area contributed by atoms with Crippen molar-refractivity contribution in [3.63, 3.8) is 0 Å². The van der Waals surface area contributed by atoms with Crippen molar-refractivity contribution in [1.29, 1.82) is 0 Å². The van der Waals surface area contributed by atoms with Crippen LogP contribution in [-0.2, 0) is 4.79 Å². The lowest BCUT2D eigenvalue weighted by molar-refractivity contribution is -0.128. The standard InChI is InChI=1S/C10H16O.C3H4S2/c1-9(2)7-4-5-10(9,3)8(11)6-7;1-2-4-5-3-1/h7H,4-6H2,1-3H3;1-2H,3H2. The zero-order chi connectivity index (χ0) is 11.8. The maximum absolute atomic E-state index is 11.6. The molecule has 90 valence electrons. The number of hydrogen-bond acceptors (Lipinski definition) is 3. The molecule has 16 heavy (non-hydrogen) atoms. The number of ketones is 1. The van der Waals surface area contributed by atoms with Gasteiger partial charge in [-0.15, -0.1) is 0 Å². The molecule has 2 saturated carbocycles. The average Bonchev–Trinajstić information content (AvgIpc) is 2.88. The van der Waals surface area contributed by atoms with Crippen LogP contribution < -0.4 is 0 Å². The van der Waals surface area contributed by atoms with Crippen molar-refractivity contribution in [3.8, 4) is 0 Å². The van der Waals surface area contributed by atoms with Crippen molar-refractivity contribution in [2.24, 2.45) is 16.7 Å². The van der Waals surface area contributed by atoms with E-state index in [1.165, 1.54) is 12.2 Å². The van der Waals surface area contributed by atoms with Gasteiger partial charge in [-0.3, -0.25) is 4.79 Å². The first-order valence-electron chi connectivity index (χ1n) is 5.95. The van der Waals surface area contributed by atoms with E-state index in [1.807, 2.05) is 21.6 Å². The van der Waals surface area contributed by atoms with Crippen molar-refractivity contribution in [3.05, 3.63) is 11.5 Å². The number of carbonyl (C=O) groups excluding carboxylic acids is 1. The Kier molecular flexibility index (Phi) is 3.47. The minimum atomic E-state index is 0.0255. The molecule has 0 spiro atoms. The van der Waals surface area contributed by atoms with E-state index in [2.05, 4.69) is 32.3 Å². The highest BCUT2D eigenvalue weighted by Crippen LogP contribution is 2.63. The quantitative estimate of drug-likeness (QED) is 0.602. The molecule has 3 aliphatic rings. The van der Waals surface area contributed by atoms with Crippen molar-refractivity contribution < 1.29 is 4.79 Å². The summed E-state index contributed by atoms with van der Waals surface area (Å²) in [5.74, 6) is 2.39. The van der Waals surface area contributed by atoms with Crippen molar-refractivity contribution in [1.82, 2.24) is 0 Å². The molecule has 2 fully saturated rings. The number of rotatable bonds is 0. The van der Waals surface area contributed by atoms with Gasteiger partial charge in [0.05, 0.1) is 0 Å². The molecule has 1 aliphatic heterocycles. The summed E-state index contributed by atoms with van der Waals surface area (Å²) in [6.45, 7) is 6.67. The highest BCUT2D eigenvalue weighted by molar-refractivity contribution is 8.78. The van der Waals surface area contributed by atoms with Gasteiger partial charge >= 0.3 is 0 Å². The minimum absolute atomic E-state index is 0.0255. The van der Waals surface area contributed by atoms with Gasteiger partial charge in [-0.1, -0.05) is 48.4 Å². The van der Waals surface area contributed by atoms with Crippen LogP contribution in [0.3, 0.4) is 0 Å². The molecule has 1 heterocycles. The first-order valence-corrected chi connectivity index (χ1v) is 8.33. The smallest absolute Gasteiger partial charge is 0.139 e. The maximum Gasteiger partial charge on any atom is 0.139 e. The van der Waals surface area contributed by atoms with Gasteiger partial charge < -0.3 is 0 Å². The van der Waals surface area contributed by atoms with Crippen LogP contribution in [0.15, 0.2) is 11.5 Å². The van der Waals surface area contributed by atoms with Crippen LogP contribution in [0.2, 0.25) is 0 Å². The monoisotopic (exact) mass is 256 g/mol. The lowest BCUT2D eigenvalue weighted by Crippen LogP contribution is -2.32. The summed E-state index contributed by atoms with van der Waals surface area (Å²) in [4.78, 5) is 11.6. The third-order valence-corrected chi connectivity index (χ3v) is 6.78. The van der Waals surface area contributed by atoms with Gasteiger partial charge in [-0.25, -0.2) is 0 Å². The molecule has 0 aromatic rings. The fourth-order valence-electron chi connectivity index (χ4n) is 3.10. The molecule has 0 aromatic heterocycles. The fraction of sp³-hybridized carbons (Fsp3) is 0.769. The minimum Gasteiger partial charge on any atom is -0.299 e. The van der Waals surface area contributed by atoms with E-state index in [9.17, 15) is 4.79 Å². The summed E-state index contributed by atoms with van der Waals surface area (Å²) in [6.07, 6.45) is 5.41. The zero-order valence-corrected chi connectivity index (χ0v) is 11.9. The van der Waals surface area contributed by atoms with E-state index in [0.29, 0.717) is 11.7 Å². The fourth-order valence-corrected chi connectivity index (χ4v) is 4.67. The Hall–Kier alpha value is 0.110. The third kappa shape index (κ3) is 1.86. The Morgan fingerprint density at radius 3 is 2.31 bits per heavy atom. The van der Waals surface area contributed by atoms with Crippen LogP contribution in [0.25, 0.3) is 0 Å². The van der Waals surface area contributed by atoms with Crippen LogP contribution in [0, 0.1) is 16.7 Å². The van der Waals surface area contributed by atoms with Gasteiger partial charge in [-0.05, 0) is 29.6 Å². The van der Waals surface area contributed by atoms with Crippen LogP contribution in [0.5, 0.6) is 0 Å². The number of carbonyl (C=O) groups is 1. The molecule has 2 unspecified atom stereocenters. The number of Topliss-reactive ketones (excluding diaryl/α,β-unsaturated/α-hetero) is 1. The molecule has 2 aliphatic carbocycles. The van der Waals surface area contributed by atoms with E-state index in [0.717, 1.165) is 12.8 Å². The summed E-state index contributed by atoms with van der Waals surface area (Å²) < 4.78 is 0. The molecule has 0 amide bonds. The molecule has 2 bridgehead atoms. The summed E-state index contributed by atoms with van der Waals surface area (Å²) >= 11 is 0. The molecule has 0 N–H and O–H groups in total. The predicted octanol–water partition coefficient (Wildman–Crippen LogP) is 4.30. The molecular weight excluding hydrogens is 236 g/mol. The van der Waals surface area contributed by atoms with Crippen molar-refractivity contribution >= 4 is 27.4 Å². The van der Waals surface area contributed by atoms with Gasteiger partial charge in [0.25, 0.3) is 0 Å². The molecule has 0 radical (unpaired) electrons. The second-order valence-corrected chi connectivity index (χ2v) is 7.99. The summed E-state index contributed by atoms with van der Waals surface area (Å²) in [5, 5.41) is 2.12. The topological polar surface area (TPSA) is 17.1 Å². The average molecular weight is 256 g/mol. The molecule has 1 nitrogen and oxygen atoms in total. The SMILES string of the molecule is C1=CSSC1.CC12CCC(CC1=O)C2(C)C. The van der Waals surface area contributed by atoms with Crippen molar-refractivity contribution in [2.45, 2.75) is 40.0 Å². The molecule has 2 atom stereocenters. The van der Waals surface area contributed by atoms with Crippen molar-refractivity contribution in [2.75, 3.05) is 5.75 Å².